The van der Waals surface area contributed by atoms with E-state index in [4.69, 9.17) is 14.5 Å². The van der Waals surface area contributed by atoms with Gasteiger partial charge in [-0.1, -0.05) is 18.2 Å². The van der Waals surface area contributed by atoms with Crippen LogP contribution in [-0.4, -0.2) is 48.6 Å². The molecule has 4 rings (SSSR count). The Labute approximate surface area is 201 Å². The number of aryl methyl sites for hydroxylation is 2. The largest absolute Gasteiger partial charge is 0.497 e. The molecule has 0 radical (unpaired) electrons. The molecule has 0 bridgehead atoms. The molecule has 0 atom stereocenters. The lowest BCUT2D eigenvalue weighted by Gasteiger charge is -2.13. The fraction of sp³-hybridized carbons (Fsp3) is 0.458. The van der Waals surface area contributed by atoms with Gasteiger partial charge in [0.2, 0.25) is 5.91 Å². The Balaban J connectivity index is 1.70. The summed E-state index contributed by atoms with van der Waals surface area (Å²) in [5, 5.41) is 4.16. The van der Waals surface area contributed by atoms with Crippen LogP contribution in [0.5, 0.6) is 5.75 Å². The van der Waals surface area contributed by atoms with E-state index in [1.54, 1.807) is 30.1 Å². The summed E-state index contributed by atoms with van der Waals surface area (Å²) in [5.41, 5.74) is 1.82. The molecule has 1 aromatic carbocycles. The van der Waals surface area contributed by atoms with Crippen LogP contribution in [0.2, 0.25) is 0 Å². The number of ether oxygens (including phenoxy) is 2. The molecule has 176 valence electrons. The number of benzene rings is 1. The molecule has 1 amide bonds. The minimum atomic E-state index is -0.0892. The number of amides is 1. The van der Waals surface area contributed by atoms with Crippen molar-refractivity contribution in [3.63, 3.8) is 0 Å². The minimum Gasteiger partial charge on any atom is -0.497 e. The van der Waals surface area contributed by atoms with Crippen molar-refractivity contribution in [3.05, 3.63) is 45.1 Å². The van der Waals surface area contributed by atoms with Gasteiger partial charge in [-0.3, -0.25) is 14.2 Å². The molecule has 3 aromatic rings. The molecule has 2 aromatic heterocycles. The summed E-state index contributed by atoms with van der Waals surface area (Å²) in [4.78, 5) is 33.1. The number of carbonyl (C=O) groups is 1. The molecule has 0 spiro atoms. The summed E-state index contributed by atoms with van der Waals surface area (Å²) in [6.07, 6.45) is 6.12. The highest BCUT2D eigenvalue weighted by Gasteiger charge is 2.22. The zero-order valence-electron chi connectivity index (χ0n) is 19.0. The molecule has 0 fully saturated rings. The van der Waals surface area contributed by atoms with Crippen molar-refractivity contribution in [3.8, 4) is 11.4 Å². The van der Waals surface area contributed by atoms with Crippen molar-refractivity contribution < 1.29 is 14.3 Å². The van der Waals surface area contributed by atoms with Crippen LogP contribution >= 0.6 is 23.1 Å². The first-order chi connectivity index (χ1) is 16.1. The Morgan fingerprint density at radius 2 is 1.97 bits per heavy atom. The third-order valence-corrected chi connectivity index (χ3v) is 7.84. The number of thioether (sulfide) groups is 1. The fourth-order valence-electron chi connectivity index (χ4n) is 4.04. The number of fused-ring (bicyclic) bond motifs is 3. The van der Waals surface area contributed by atoms with Gasteiger partial charge < -0.3 is 14.8 Å². The summed E-state index contributed by atoms with van der Waals surface area (Å²) < 4.78 is 11.9. The highest BCUT2D eigenvalue weighted by Crippen LogP contribution is 2.34. The lowest BCUT2D eigenvalue weighted by atomic mass is 10.1. The van der Waals surface area contributed by atoms with Crippen LogP contribution in [0, 0.1) is 0 Å². The van der Waals surface area contributed by atoms with E-state index in [1.807, 2.05) is 24.3 Å². The summed E-state index contributed by atoms with van der Waals surface area (Å²) in [5.74, 6) is 0.815. The van der Waals surface area contributed by atoms with Gasteiger partial charge in [0, 0.05) is 25.1 Å². The van der Waals surface area contributed by atoms with Gasteiger partial charge in [0.1, 0.15) is 10.6 Å². The zero-order chi connectivity index (χ0) is 23.2. The summed E-state index contributed by atoms with van der Waals surface area (Å²) in [6.45, 7) is 1.16. The van der Waals surface area contributed by atoms with E-state index in [0.29, 0.717) is 24.0 Å². The van der Waals surface area contributed by atoms with Gasteiger partial charge in [0.05, 0.1) is 23.9 Å². The second-order valence-electron chi connectivity index (χ2n) is 7.96. The molecular weight excluding hydrogens is 458 g/mol. The normalized spacial score (nSPS) is 13.5. The summed E-state index contributed by atoms with van der Waals surface area (Å²) in [7, 11) is 3.25. The van der Waals surface area contributed by atoms with Gasteiger partial charge in [0.25, 0.3) is 5.56 Å². The summed E-state index contributed by atoms with van der Waals surface area (Å²) in [6, 6.07) is 7.37. The maximum Gasteiger partial charge on any atom is 0.267 e. The molecule has 0 saturated heterocycles. The van der Waals surface area contributed by atoms with E-state index in [1.165, 1.54) is 28.6 Å². The second-order valence-corrected chi connectivity index (χ2v) is 9.99. The van der Waals surface area contributed by atoms with Crippen LogP contribution in [0.25, 0.3) is 15.9 Å². The molecule has 9 heteroatoms. The van der Waals surface area contributed by atoms with E-state index in [-0.39, 0.29) is 17.2 Å². The fourth-order valence-corrected chi connectivity index (χ4v) is 6.19. The highest BCUT2D eigenvalue weighted by molar-refractivity contribution is 7.99. The van der Waals surface area contributed by atoms with E-state index >= 15 is 0 Å². The lowest BCUT2D eigenvalue weighted by molar-refractivity contribution is -0.118. The quantitative estimate of drug-likeness (QED) is 0.213. The van der Waals surface area contributed by atoms with Crippen LogP contribution < -0.4 is 15.6 Å². The first kappa shape index (κ1) is 23.8. The molecule has 1 aliphatic rings. The van der Waals surface area contributed by atoms with Crippen LogP contribution in [-0.2, 0) is 22.4 Å². The molecule has 0 aliphatic heterocycles. The minimum absolute atomic E-state index is 0.0624. The van der Waals surface area contributed by atoms with Gasteiger partial charge in [-0.15, -0.1) is 11.3 Å². The lowest BCUT2D eigenvalue weighted by Crippen LogP contribution is -2.28. The topological polar surface area (TPSA) is 82.5 Å². The number of hydrogen-bond donors (Lipinski definition) is 1. The smallest absolute Gasteiger partial charge is 0.267 e. The number of aromatic nitrogens is 2. The highest BCUT2D eigenvalue weighted by atomic mass is 32.2. The molecule has 2 heterocycles. The van der Waals surface area contributed by atoms with E-state index in [2.05, 4.69) is 5.32 Å². The number of hydrogen-bond acceptors (Lipinski definition) is 7. The van der Waals surface area contributed by atoms with Crippen molar-refractivity contribution >= 4 is 39.2 Å². The van der Waals surface area contributed by atoms with Gasteiger partial charge in [-0.05, 0) is 61.9 Å². The number of rotatable bonds is 9. The third kappa shape index (κ3) is 5.42. The Bertz CT molecular complexity index is 1170. The first-order valence-corrected chi connectivity index (χ1v) is 13.0. The molecule has 33 heavy (non-hydrogen) atoms. The second kappa shape index (κ2) is 11.2. The number of nitrogens with one attached hydrogen (secondary N) is 1. The molecular formula is C24H29N3O4S2. The maximum absolute atomic E-state index is 13.8. The van der Waals surface area contributed by atoms with E-state index in [0.717, 1.165) is 48.1 Å². The van der Waals surface area contributed by atoms with Gasteiger partial charge in [0.15, 0.2) is 5.16 Å². The zero-order valence-corrected chi connectivity index (χ0v) is 20.7. The van der Waals surface area contributed by atoms with Gasteiger partial charge in [-0.2, -0.15) is 0 Å². The Morgan fingerprint density at radius 1 is 1.18 bits per heavy atom. The van der Waals surface area contributed by atoms with Crippen molar-refractivity contribution in [1.82, 2.24) is 14.9 Å². The molecule has 0 saturated carbocycles. The van der Waals surface area contributed by atoms with Gasteiger partial charge in [-0.25, -0.2) is 4.98 Å². The molecule has 7 nitrogen and oxygen atoms in total. The number of carbonyl (C=O) groups excluding carboxylic acids is 1. The van der Waals surface area contributed by atoms with Crippen molar-refractivity contribution in [2.45, 2.75) is 43.7 Å². The molecule has 1 N–H and O–H groups in total. The third-order valence-electron chi connectivity index (χ3n) is 5.72. The Kier molecular flexibility index (Phi) is 8.06. The van der Waals surface area contributed by atoms with Gasteiger partial charge >= 0.3 is 0 Å². The molecule has 0 unspecified atom stereocenters. The van der Waals surface area contributed by atoms with E-state index < -0.39 is 0 Å². The number of nitrogens with zero attached hydrogens (tertiary/aromatic N) is 2. The average molecular weight is 488 g/mol. The Morgan fingerprint density at radius 3 is 2.73 bits per heavy atom. The first-order valence-electron chi connectivity index (χ1n) is 11.2. The Hall–Kier alpha value is -2.36. The van der Waals surface area contributed by atoms with Crippen LogP contribution in [0.3, 0.4) is 0 Å². The number of thiophene rings is 1. The number of methoxy groups -OCH3 is 2. The standard InChI is InChI=1S/C24H29N3O4S2/c1-30-14-6-13-25-20(28)15-32-24-26-22-21(18-7-4-3-5-8-19(18)33-22)23(29)27(24)16-9-11-17(31-2)12-10-16/h9-12H,3-8,13-15H2,1-2H3,(H,25,28). The predicted octanol–water partition coefficient (Wildman–Crippen LogP) is 3.97. The monoisotopic (exact) mass is 487 g/mol. The summed E-state index contributed by atoms with van der Waals surface area (Å²) >= 11 is 2.92. The van der Waals surface area contributed by atoms with Crippen LogP contribution in [0.4, 0.5) is 0 Å². The predicted molar refractivity (Wildman–Crippen MR) is 133 cm³/mol. The van der Waals surface area contributed by atoms with Crippen molar-refractivity contribution in [2.24, 2.45) is 0 Å². The van der Waals surface area contributed by atoms with Crippen LogP contribution in [0.1, 0.15) is 36.1 Å². The maximum atomic E-state index is 13.8. The average Bonchev–Trinajstić information content (AvgIpc) is 3.02. The van der Waals surface area contributed by atoms with Crippen molar-refractivity contribution in [2.75, 3.05) is 33.1 Å². The van der Waals surface area contributed by atoms with Crippen molar-refractivity contribution in [1.29, 1.82) is 0 Å². The molecule has 1 aliphatic carbocycles. The van der Waals surface area contributed by atoms with E-state index in [9.17, 15) is 9.59 Å². The SMILES string of the molecule is COCCCNC(=O)CSc1nc2sc3c(c2c(=O)n1-c1ccc(OC)cc1)CCCCC3. The van der Waals surface area contributed by atoms with Crippen LogP contribution in [0.15, 0.2) is 34.2 Å².